The first-order chi connectivity index (χ1) is 8.49. The van der Waals surface area contributed by atoms with Gasteiger partial charge in [0.25, 0.3) is 10.1 Å². The zero-order valence-corrected chi connectivity index (χ0v) is 11.7. The molecule has 0 radical (unpaired) electrons. The minimum absolute atomic E-state index is 0.290. The summed E-state index contributed by atoms with van der Waals surface area (Å²) in [6.45, 7) is 1.68. The third kappa shape index (κ3) is 4.19. The van der Waals surface area contributed by atoms with E-state index in [9.17, 15) is 8.42 Å². The van der Waals surface area contributed by atoms with Crippen molar-refractivity contribution in [3.8, 4) is 0 Å². The molecular formula is C12H22O5S. The fraction of sp³-hybridized carbons (Fsp3) is 1.00. The minimum Gasteiger partial charge on any atom is -0.348 e. The molecule has 5 nitrogen and oxygen atoms in total. The highest BCUT2D eigenvalue weighted by atomic mass is 32.2. The second-order valence-electron chi connectivity index (χ2n) is 5.22. The summed E-state index contributed by atoms with van der Waals surface area (Å²) in [6, 6.07) is 0. The van der Waals surface area contributed by atoms with Crippen LogP contribution in [0.15, 0.2) is 0 Å². The van der Waals surface area contributed by atoms with Crippen LogP contribution in [0.4, 0.5) is 0 Å². The Bertz CT molecular complexity index is 359. The third-order valence-corrected chi connectivity index (χ3v) is 4.34. The zero-order chi connectivity index (χ0) is 13.1. The van der Waals surface area contributed by atoms with Crippen LogP contribution in [0.3, 0.4) is 0 Å². The molecule has 1 atom stereocenters. The molecule has 18 heavy (non-hydrogen) atoms. The number of hydrogen-bond donors (Lipinski definition) is 0. The Morgan fingerprint density at radius 3 is 2.61 bits per heavy atom. The molecule has 1 spiro atoms. The molecule has 0 aromatic carbocycles. The van der Waals surface area contributed by atoms with Crippen molar-refractivity contribution in [3.63, 3.8) is 0 Å². The van der Waals surface area contributed by atoms with Crippen LogP contribution in [0.2, 0.25) is 0 Å². The standard InChI is InChI=1S/C12H22O5S/c1-18(13,14)17-8-5-11-3-2-6-12(7-4-11)15-9-10-16-12/h11H,2-10H2,1H3. The summed E-state index contributed by atoms with van der Waals surface area (Å²) in [6.07, 6.45) is 6.95. The van der Waals surface area contributed by atoms with Crippen LogP contribution in [-0.4, -0.2) is 40.3 Å². The fourth-order valence-electron chi connectivity index (χ4n) is 2.79. The predicted octanol–water partition coefficient (Wildman–Crippen LogP) is 1.68. The summed E-state index contributed by atoms with van der Waals surface area (Å²) < 4.78 is 38.0. The Kier molecular flexibility index (Phi) is 4.64. The molecule has 2 aliphatic rings. The van der Waals surface area contributed by atoms with Gasteiger partial charge in [0.05, 0.1) is 26.1 Å². The molecule has 0 N–H and O–H groups in total. The first-order valence-electron chi connectivity index (χ1n) is 6.61. The van der Waals surface area contributed by atoms with Gasteiger partial charge in [0.15, 0.2) is 5.79 Å². The number of rotatable bonds is 4. The summed E-state index contributed by atoms with van der Waals surface area (Å²) in [5.41, 5.74) is 0. The Labute approximate surface area is 109 Å². The average molecular weight is 278 g/mol. The molecule has 1 aliphatic carbocycles. The van der Waals surface area contributed by atoms with Crippen molar-refractivity contribution in [1.29, 1.82) is 0 Å². The van der Waals surface area contributed by atoms with Gasteiger partial charge in [0.1, 0.15) is 0 Å². The van der Waals surface area contributed by atoms with Crippen LogP contribution in [0, 0.1) is 5.92 Å². The molecule has 0 aromatic rings. The van der Waals surface area contributed by atoms with E-state index in [2.05, 4.69) is 0 Å². The van der Waals surface area contributed by atoms with Gasteiger partial charge in [-0.1, -0.05) is 6.42 Å². The second-order valence-corrected chi connectivity index (χ2v) is 6.86. The third-order valence-electron chi connectivity index (χ3n) is 3.74. The van der Waals surface area contributed by atoms with Crippen molar-refractivity contribution in [2.24, 2.45) is 5.92 Å². The van der Waals surface area contributed by atoms with Crippen LogP contribution in [0.25, 0.3) is 0 Å². The SMILES string of the molecule is CS(=O)(=O)OCCC1CCCC2(CC1)OCCO2. The topological polar surface area (TPSA) is 61.8 Å². The maximum atomic E-state index is 10.9. The molecular weight excluding hydrogens is 256 g/mol. The van der Waals surface area contributed by atoms with E-state index in [1.807, 2.05) is 0 Å². The largest absolute Gasteiger partial charge is 0.348 e. The Morgan fingerprint density at radius 1 is 1.22 bits per heavy atom. The molecule has 0 bridgehead atoms. The normalized spacial score (nSPS) is 28.4. The van der Waals surface area contributed by atoms with E-state index in [-0.39, 0.29) is 12.4 Å². The fourth-order valence-corrected chi connectivity index (χ4v) is 3.19. The van der Waals surface area contributed by atoms with Crippen LogP contribution < -0.4 is 0 Å². The first kappa shape index (κ1) is 14.2. The van der Waals surface area contributed by atoms with Crippen molar-refractivity contribution in [2.45, 2.75) is 44.3 Å². The Hall–Kier alpha value is -0.170. The van der Waals surface area contributed by atoms with Gasteiger partial charge in [-0.3, -0.25) is 4.18 Å². The van der Waals surface area contributed by atoms with Crippen LogP contribution in [-0.2, 0) is 23.8 Å². The monoisotopic (exact) mass is 278 g/mol. The van der Waals surface area contributed by atoms with Gasteiger partial charge < -0.3 is 9.47 Å². The lowest BCUT2D eigenvalue weighted by Crippen LogP contribution is -2.29. The first-order valence-corrected chi connectivity index (χ1v) is 8.43. The molecule has 1 saturated heterocycles. The highest BCUT2D eigenvalue weighted by molar-refractivity contribution is 7.85. The molecule has 1 unspecified atom stereocenters. The molecule has 0 amide bonds. The van der Waals surface area contributed by atoms with Crippen LogP contribution in [0.1, 0.15) is 38.5 Å². The summed E-state index contributed by atoms with van der Waals surface area (Å²) in [5, 5.41) is 0. The van der Waals surface area contributed by atoms with Gasteiger partial charge >= 0.3 is 0 Å². The molecule has 1 heterocycles. The highest BCUT2D eigenvalue weighted by Gasteiger charge is 2.38. The zero-order valence-electron chi connectivity index (χ0n) is 10.9. The number of ether oxygens (including phenoxy) is 2. The smallest absolute Gasteiger partial charge is 0.264 e. The molecule has 1 saturated carbocycles. The lowest BCUT2D eigenvalue weighted by atomic mass is 9.97. The molecule has 106 valence electrons. The van der Waals surface area contributed by atoms with Crippen molar-refractivity contribution >= 4 is 10.1 Å². The second kappa shape index (κ2) is 5.86. The lowest BCUT2D eigenvalue weighted by Gasteiger charge is -2.25. The average Bonchev–Trinajstić information content (AvgIpc) is 2.63. The minimum atomic E-state index is -3.31. The van der Waals surface area contributed by atoms with Gasteiger partial charge in [-0.25, -0.2) is 0 Å². The van der Waals surface area contributed by atoms with Gasteiger partial charge in [-0.2, -0.15) is 8.42 Å². The van der Waals surface area contributed by atoms with Crippen molar-refractivity contribution in [1.82, 2.24) is 0 Å². The van der Waals surface area contributed by atoms with E-state index < -0.39 is 10.1 Å². The van der Waals surface area contributed by atoms with Crippen LogP contribution in [0.5, 0.6) is 0 Å². The van der Waals surface area contributed by atoms with Crippen molar-refractivity contribution < 1.29 is 22.1 Å². The van der Waals surface area contributed by atoms with Gasteiger partial charge in [0, 0.05) is 12.8 Å². The van der Waals surface area contributed by atoms with Gasteiger partial charge in [0.2, 0.25) is 0 Å². The van der Waals surface area contributed by atoms with E-state index in [4.69, 9.17) is 13.7 Å². The van der Waals surface area contributed by atoms with Gasteiger partial charge in [-0.05, 0) is 25.2 Å². The summed E-state index contributed by atoms with van der Waals surface area (Å²) >= 11 is 0. The molecule has 6 heteroatoms. The van der Waals surface area contributed by atoms with E-state index in [0.717, 1.165) is 44.8 Å². The maximum absolute atomic E-state index is 10.9. The lowest BCUT2D eigenvalue weighted by molar-refractivity contribution is -0.165. The quantitative estimate of drug-likeness (QED) is 0.732. The van der Waals surface area contributed by atoms with Crippen molar-refractivity contribution in [3.05, 3.63) is 0 Å². The predicted molar refractivity (Wildman–Crippen MR) is 66.6 cm³/mol. The molecule has 2 rings (SSSR count). The van der Waals surface area contributed by atoms with Gasteiger partial charge in [-0.15, -0.1) is 0 Å². The van der Waals surface area contributed by atoms with Crippen LogP contribution >= 0.6 is 0 Å². The Morgan fingerprint density at radius 2 is 1.94 bits per heavy atom. The van der Waals surface area contributed by atoms with Crippen molar-refractivity contribution in [2.75, 3.05) is 26.1 Å². The molecule has 0 aromatic heterocycles. The van der Waals surface area contributed by atoms with E-state index in [1.54, 1.807) is 0 Å². The van der Waals surface area contributed by atoms with E-state index >= 15 is 0 Å². The van der Waals surface area contributed by atoms with E-state index in [1.165, 1.54) is 0 Å². The Balaban J connectivity index is 1.75. The summed E-state index contributed by atoms with van der Waals surface area (Å²) in [5.74, 6) is 0.172. The number of hydrogen-bond acceptors (Lipinski definition) is 5. The summed E-state index contributed by atoms with van der Waals surface area (Å²) in [7, 11) is -3.31. The van der Waals surface area contributed by atoms with E-state index in [0.29, 0.717) is 19.1 Å². The summed E-state index contributed by atoms with van der Waals surface area (Å²) in [4.78, 5) is 0. The highest BCUT2D eigenvalue weighted by Crippen LogP contribution is 2.37. The molecule has 1 aliphatic heterocycles. The molecule has 2 fully saturated rings. The maximum Gasteiger partial charge on any atom is 0.264 e.